The zero-order valence-corrected chi connectivity index (χ0v) is 14.9. The van der Waals surface area contributed by atoms with E-state index >= 15 is 0 Å². The Balaban J connectivity index is 2.22. The summed E-state index contributed by atoms with van der Waals surface area (Å²) in [6.45, 7) is 3.87. The number of hydrogen-bond acceptors (Lipinski definition) is 7. The van der Waals surface area contributed by atoms with Crippen molar-refractivity contribution in [1.29, 1.82) is 0 Å². The fraction of sp³-hybridized carbons (Fsp3) is 0.714. The molecule has 0 radical (unpaired) electrons. The molecule has 1 aromatic heterocycles. The molecule has 130 valence electrons. The number of ether oxygens (including phenoxy) is 1. The van der Waals surface area contributed by atoms with Gasteiger partial charge in [0.2, 0.25) is 0 Å². The van der Waals surface area contributed by atoms with Crippen molar-refractivity contribution in [3.63, 3.8) is 0 Å². The van der Waals surface area contributed by atoms with E-state index in [4.69, 9.17) is 14.9 Å². The van der Waals surface area contributed by atoms with Crippen LogP contribution in [0.2, 0.25) is 5.54 Å². The summed E-state index contributed by atoms with van der Waals surface area (Å²) < 4.78 is 12.8. The highest BCUT2D eigenvalue weighted by atomic mass is 28.2. The van der Waals surface area contributed by atoms with E-state index in [2.05, 4.69) is 18.8 Å². The number of nitrogen functional groups attached to an aromatic ring is 1. The van der Waals surface area contributed by atoms with E-state index in [0.717, 1.165) is 12.8 Å². The molecular weight excluding hydrogens is 318 g/mol. The Morgan fingerprint density at radius 3 is 2.78 bits per heavy atom. The van der Waals surface area contributed by atoms with E-state index in [0.29, 0.717) is 5.54 Å². The van der Waals surface area contributed by atoms with Gasteiger partial charge in [-0.2, -0.15) is 4.98 Å². The predicted molar refractivity (Wildman–Crippen MR) is 87.7 cm³/mol. The summed E-state index contributed by atoms with van der Waals surface area (Å²) in [6.07, 6.45) is 0.221. The third-order valence-corrected chi connectivity index (χ3v) is 6.50. The van der Waals surface area contributed by atoms with Gasteiger partial charge in [0.1, 0.15) is 24.1 Å². The van der Waals surface area contributed by atoms with Crippen LogP contribution >= 0.6 is 0 Å². The van der Waals surface area contributed by atoms with Gasteiger partial charge in [-0.15, -0.1) is 0 Å². The fourth-order valence-electron chi connectivity index (χ4n) is 2.66. The van der Waals surface area contributed by atoms with E-state index in [1.54, 1.807) is 0 Å². The number of anilines is 1. The lowest BCUT2D eigenvalue weighted by Gasteiger charge is -2.24. The maximum absolute atomic E-state index is 12.0. The Kier molecular flexibility index (Phi) is 6.30. The molecule has 0 spiro atoms. The summed E-state index contributed by atoms with van der Waals surface area (Å²) in [6, 6.07) is 1.48. The summed E-state index contributed by atoms with van der Waals surface area (Å²) in [7, 11) is -0.905. The van der Waals surface area contributed by atoms with Gasteiger partial charge in [-0.05, 0) is 11.6 Å². The van der Waals surface area contributed by atoms with Gasteiger partial charge in [-0.25, -0.2) is 4.79 Å². The number of aromatic nitrogens is 2. The van der Waals surface area contributed by atoms with E-state index in [1.165, 1.54) is 16.8 Å². The quantitative estimate of drug-likeness (QED) is 0.552. The highest BCUT2D eigenvalue weighted by molar-refractivity contribution is 6.29. The number of aliphatic hydroxyl groups is 2. The van der Waals surface area contributed by atoms with Crippen LogP contribution in [0, 0.1) is 0 Å². The molecule has 2 rings (SSSR count). The van der Waals surface area contributed by atoms with Crippen LogP contribution in [0.1, 0.15) is 32.9 Å². The maximum atomic E-state index is 12.0. The molecular formula is C14H25N3O5Si. The molecule has 23 heavy (non-hydrogen) atoms. The lowest BCUT2D eigenvalue weighted by atomic mass is 10.1. The number of hydrogen-bond donors (Lipinski definition) is 3. The zero-order chi connectivity index (χ0) is 17.0. The van der Waals surface area contributed by atoms with E-state index in [1.807, 2.05) is 0 Å². The molecule has 0 aromatic carbocycles. The first-order chi connectivity index (χ1) is 11.0. The van der Waals surface area contributed by atoms with Crippen LogP contribution in [-0.2, 0) is 9.16 Å². The van der Waals surface area contributed by atoms with Crippen LogP contribution in [0.5, 0.6) is 0 Å². The summed E-state index contributed by atoms with van der Waals surface area (Å²) in [4.78, 5) is 15.7. The molecule has 4 atom stereocenters. The second-order valence-corrected chi connectivity index (χ2v) is 7.58. The minimum absolute atomic E-state index is 0.118. The molecule has 0 amide bonds. The highest BCUT2D eigenvalue weighted by Gasteiger charge is 2.45. The zero-order valence-electron chi connectivity index (χ0n) is 13.5. The molecule has 0 aliphatic carbocycles. The minimum Gasteiger partial charge on any atom is -0.414 e. The average Bonchev–Trinajstić information content (AvgIpc) is 2.84. The Bertz CT molecular complexity index is 566. The third kappa shape index (κ3) is 3.99. The monoisotopic (exact) mass is 343 g/mol. The first-order valence-corrected chi connectivity index (χ1v) is 9.31. The SMILES string of the molecule is CCC(CC)[SiH2]OC1C(O)C(CO)OC1n1ccc(N)nc1=O. The second kappa shape index (κ2) is 8.02. The Morgan fingerprint density at radius 2 is 2.22 bits per heavy atom. The average molecular weight is 343 g/mol. The molecule has 9 heteroatoms. The van der Waals surface area contributed by atoms with Crippen molar-refractivity contribution in [2.45, 2.75) is 56.8 Å². The molecule has 4 N–H and O–H groups in total. The van der Waals surface area contributed by atoms with Gasteiger partial charge in [0.15, 0.2) is 16.0 Å². The van der Waals surface area contributed by atoms with Crippen LogP contribution in [-0.4, -0.2) is 54.4 Å². The van der Waals surface area contributed by atoms with Gasteiger partial charge in [-0.1, -0.05) is 26.7 Å². The van der Waals surface area contributed by atoms with Gasteiger partial charge in [0.05, 0.1) is 6.61 Å². The van der Waals surface area contributed by atoms with Crippen molar-refractivity contribution in [2.75, 3.05) is 12.3 Å². The Morgan fingerprint density at radius 1 is 1.52 bits per heavy atom. The van der Waals surface area contributed by atoms with Crippen molar-refractivity contribution in [3.8, 4) is 0 Å². The lowest BCUT2D eigenvalue weighted by molar-refractivity contribution is -0.0523. The number of rotatable bonds is 7. The summed E-state index contributed by atoms with van der Waals surface area (Å²) >= 11 is 0. The van der Waals surface area contributed by atoms with Gasteiger partial charge < -0.3 is 25.1 Å². The summed E-state index contributed by atoms with van der Waals surface area (Å²) in [5.74, 6) is 0.118. The molecule has 1 aliphatic rings. The number of nitrogens with zero attached hydrogens (tertiary/aromatic N) is 2. The number of nitrogens with two attached hydrogens (primary N) is 1. The van der Waals surface area contributed by atoms with Crippen LogP contribution in [0.15, 0.2) is 17.1 Å². The summed E-state index contributed by atoms with van der Waals surface area (Å²) in [5.41, 5.74) is 5.42. The molecule has 4 unspecified atom stereocenters. The molecule has 1 fully saturated rings. The van der Waals surface area contributed by atoms with Crippen LogP contribution in [0.4, 0.5) is 5.82 Å². The molecule has 0 saturated carbocycles. The van der Waals surface area contributed by atoms with Crippen molar-refractivity contribution in [2.24, 2.45) is 0 Å². The van der Waals surface area contributed by atoms with Crippen LogP contribution in [0.25, 0.3) is 0 Å². The predicted octanol–water partition coefficient (Wildman–Crippen LogP) is -0.846. The van der Waals surface area contributed by atoms with Gasteiger partial charge in [0, 0.05) is 6.20 Å². The smallest absolute Gasteiger partial charge is 0.351 e. The Hall–Kier alpha value is -1.26. The number of aliphatic hydroxyl groups excluding tert-OH is 2. The molecule has 1 aliphatic heterocycles. The lowest BCUT2D eigenvalue weighted by Crippen LogP contribution is -2.39. The van der Waals surface area contributed by atoms with E-state index in [-0.39, 0.29) is 12.4 Å². The molecule has 8 nitrogen and oxygen atoms in total. The Labute approximate surface area is 137 Å². The minimum atomic E-state index is -0.990. The first kappa shape index (κ1) is 18.1. The fourth-order valence-corrected chi connectivity index (χ4v) is 3.99. The second-order valence-electron chi connectivity index (χ2n) is 5.76. The van der Waals surface area contributed by atoms with Gasteiger partial charge in [0.25, 0.3) is 0 Å². The molecule has 2 heterocycles. The molecule has 1 saturated heterocycles. The highest BCUT2D eigenvalue weighted by Crippen LogP contribution is 2.31. The van der Waals surface area contributed by atoms with Crippen molar-refractivity contribution >= 4 is 15.6 Å². The van der Waals surface area contributed by atoms with Crippen molar-refractivity contribution < 1.29 is 19.4 Å². The van der Waals surface area contributed by atoms with E-state index < -0.39 is 40.0 Å². The maximum Gasteiger partial charge on any atom is 0.351 e. The molecule has 1 aromatic rings. The normalized spacial score (nSPS) is 28.2. The first-order valence-electron chi connectivity index (χ1n) is 7.92. The third-order valence-electron chi connectivity index (χ3n) is 4.30. The van der Waals surface area contributed by atoms with Crippen LogP contribution in [0.3, 0.4) is 0 Å². The van der Waals surface area contributed by atoms with Crippen LogP contribution < -0.4 is 11.4 Å². The van der Waals surface area contributed by atoms with Gasteiger partial charge in [-0.3, -0.25) is 4.57 Å². The molecule has 0 bridgehead atoms. The largest absolute Gasteiger partial charge is 0.414 e. The topological polar surface area (TPSA) is 120 Å². The van der Waals surface area contributed by atoms with Crippen molar-refractivity contribution in [1.82, 2.24) is 9.55 Å². The van der Waals surface area contributed by atoms with E-state index in [9.17, 15) is 15.0 Å². The standard InChI is InChI=1S/C14H25N3O5Si/c1-3-8(4-2)23-22-12-11(19)9(7-18)21-13(12)17-6-5-10(15)16-14(17)20/h5-6,8-9,11-13,18-19H,3-4,7,23H2,1-2H3,(H2,15,16,20). The summed E-state index contributed by atoms with van der Waals surface area (Å²) in [5, 5.41) is 19.7. The van der Waals surface area contributed by atoms with Gasteiger partial charge >= 0.3 is 5.69 Å². The van der Waals surface area contributed by atoms with Crippen molar-refractivity contribution in [3.05, 3.63) is 22.7 Å².